The van der Waals surface area contributed by atoms with Gasteiger partial charge in [0.15, 0.2) is 0 Å². The Bertz CT molecular complexity index is 471. The molecule has 0 saturated heterocycles. The lowest BCUT2D eigenvalue weighted by molar-refractivity contribution is 0.841. The van der Waals surface area contributed by atoms with Crippen LogP contribution in [-0.2, 0) is 6.42 Å². The number of benzene rings is 2. The first-order valence-electron chi connectivity index (χ1n) is 5.94. The molecular weight excluding hydrogens is 272 g/mol. The Morgan fingerprint density at radius 3 is 2.35 bits per heavy atom. The summed E-state index contributed by atoms with van der Waals surface area (Å²) in [5.74, 6) is 0. The van der Waals surface area contributed by atoms with Crippen molar-refractivity contribution in [3.8, 4) is 11.1 Å². The highest BCUT2D eigenvalue weighted by molar-refractivity contribution is 9.10. The van der Waals surface area contributed by atoms with Crippen LogP contribution in [0.2, 0.25) is 0 Å². The van der Waals surface area contributed by atoms with E-state index >= 15 is 0 Å². The molecule has 0 nitrogen and oxygen atoms in total. The fourth-order valence-electron chi connectivity index (χ4n) is 1.86. The van der Waals surface area contributed by atoms with Crippen molar-refractivity contribution < 1.29 is 0 Å². The average molecular weight is 288 g/mol. The van der Waals surface area contributed by atoms with E-state index in [0.717, 1.165) is 23.7 Å². The molecule has 2 aromatic rings. The smallest absolute Gasteiger partial charge is 0.0181 e. The molecule has 2 aromatic carbocycles. The van der Waals surface area contributed by atoms with E-state index in [0.29, 0.717) is 0 Å². The van der Waals surface area contributed by atoms with Crippen molar-refractivity contribution in [1.29, 1.82) is 0 Å². The summed E-state index contributed by atoms with van der Waals surface area (Å²) in [6.07, 6.45) is 3.30. The number of hydrogen-bond acceptors (Lipinski definition) is 0. The van der Waals surface area contributed by atoms with E-state index in [-0.39, 0.29) is 0 Å². The van der Waals surface area contributed by atoms with E-state index in [1.165, 1.54) is 16.7 Å². The zero-order valence-corrected chi connectivity index (χ0v) is 11.4. The molecule has 0 saturated carbocycles. The van der Waals surface area contributed by atoms with Crippen LogP contribution in [0, 0.1) is 6.92 Å². The van der Waals surface area contributed by atoms with Crippen LogP contribution in [0.5, 0.6) is 0 Å². The third-order valence-corrected chi connectivity index (χ3v) is 3.32. The fraction of sp³-hybridized carbons (Fsp3) is 0.188. The first-order valence-corrected chi connectivity index (χ1v) is 6.73. The van der Waals surface area contributed by atoms with Gasteiger partial charge in [-0.2, -0.15) is 0 Å². The summed E-state index contributed by atoms with van der Waals surface area (Å²) in [6.45, 7) is 3.87. The summed E-state index contributed by atoms with van der Waals surface area (Å²) >= 11 is 3.50. The van der Waals surface area contributed by atoms with Crippen molar-refractivity contribution in [2.45, 2.75) is 19.3 Å². The van der Waals surface area contributed by atoms with Crippen molar-refractivity contribution >= 4 is 15.9 Å². The lowest BCUT2D eigenvalue weighted by Gasteiger charge is -2.04. The number of unbranched alkanes of at least 4 members (excludes halogenated alkanes) is 1. The van der Waals surface area contributed by atoms with Gasteiger partial charge in [0.2, 0.25) is 0 Å². The van der Waals surface area contributed by atoms with Gasteiger partial charge >= 0.3 is 0 Å². The van der Waals surface area contributed by atoms with Gasteiger partial charge in [0.1, 0.15) is 0 Å². The van der Waals surface area contributed by atoms with Crippen LogP contribution < -0.4 is 0 Å². The molecule has 0 aliphatic rings. The standard InChI is InChI=1S/C16H16Br/c1-2-3-5-13-8-10-14(11-9-13)15-6-4-7-16(17)12-15/h4,6-12H,1-3,5H2. The summed E-state index contributed by atoms with van der Waals surface area (Å²) in [5, 5.41) is 0. The Labute approximate surface area is 112 Å². The molecule has 1 heteroatoms. The SMILES string of the molecule is [CH2]CCCc1ccc(-c2cccc(Br)c2)cc1. The van der Waals surface area contributed by atoms with E-state index < -0.39 is 0 Å². The summed E-state index contributed by atoms with van der Waals surface area (Å²) in [7, 11) is 0. The second kappa shape index (κ2) is 6.02. The van der Waals surface area contributed by atoms with Gasteiger partial charge in [-0.05, 0) is 41.7 Å². The van der Waals surface area contributed by atoms with E-state index in [9.17, 15) is 0 Å². The average Bonchev–Trinajstić information content (AvgIpc) is 2.37. The van der Waals surface area contributed by atoms with Crippen LogP contribution in [0.4, 0.5) is 0 Å². The van der Waals surface area contributed by atoms with Crippen molar-refractivity contribution in [3.63, 3.8) is 0 Å². The Kier molecular flexibility index (Phi) is 4.38. The summed E-state index contributed by atoms with van der Waals surface area (Å²) in [5.41, 5.74) is 3.92. The van der Waals surface area contributed by atoms with Gasteiger partial charge in [0.25, 0.3) is 0 Å². The predicted molar refractivity (Wildman–Crippen MR) is 77.9 cm³/mol. The normalized spacial score (nSPS) is 10.5. The molecule has 2 rings (SSSR count). The molecule has 87 valence electrons. The van der Waals surface area contributed by atoms with E-state index in [1.807, 2.05) is 6.07 Å². The third kappa shape index (κ3) is 3.44. The van der Waals surface area contributed by atoms with Crippen LogP contribution in [0.1, 0.15) is 18.4 Å². The van der Waals surface area contributed by atoms with Crippen LogP contribution in [0.3, 0.4) is 0 Å². The Hall–Kier alpha value is -1.08. The van der Waals surface area contributed by atoms with E-state index in [4.69, 9.17) is 0 Å². The van der Waals surface area contributed by atoms with E-state index in [1.54, 1.807) is 0 Å². The quantitative estimate of drug-likeness (QED) is 0.718. The minimum atomic E-state index is 1.01. The second-order valence-electron chi connectivity index (χ2n) is 4.16. The summed E-state index contributed by atoms with van der Waals surface area (Å²) in [4.78, 5) is 0. The Morgan fingerprint density at radius 1 is 0.941 bits per heavy atom. The molecule has 0 aromatic heterocycles. The van der Waals surface area contributed by atoms with Gasteiger partial charge < -0.3 is 0 Å². The van der Waals surface area contributed by atoms with E-state index in [2.05, 4.69) is 65.3 Å². The summed E-state index contributed by atoms with van der Waals surface area (Å²) < 4.78 is 1.12. The topological polar surface area (TPSA) is 0 Å². The molecule has 0 N–H and O–H groups in total. The van der Waals surface area contributed by atoms with Gasteiger partial charge in [-0.15, -0.1) is 0 Å². The van der Waals surface area contributed by atoms with Crippen molar-refractivity contribution in [2.24, 2.45) is 0 Å². The van der Waals surface area contributed by atoms with Gasteiger partial charge in [-0.3, -0.25) is 0 Å². The first kappa shape index (κ1) is 12.4. The maximum atomic E-state index is 3.87. The number of halogens is 1. The number of rotatable bonds is 4. The Morgan fingerprint density at radius 2 is 1.71 bits per heavy atom. The van der Waals surface area contributed by atoms with Gasteiger partial charge in [-0.25, -0.2) is 0 Å². The molecule has 0 fully saturated rings. The van der Waals surface area contributed by atoms with Crippen LogP contribution in [0.25, 0.3) is 11.1 Å². The molecule has 0 amide bonds. The van der Waals surface area contributed by atoms with Gasteiger partial charge in [-0.1, -0.05) is 65.7 Å². The molecular formula is C16H16Br. The third-order valence-electron chi connectivity index (χ3n) is 2.83. The second-order valence-corrected chi connectivity index (χ2v) is 5.08. The number of hydrogen-bond donors (Lipinski definition) is 0. The van der Waals surface area contributed by atoms with Crippen LogP contribution >= 0.6 is 15.9 Å². The van der Waals surface area contributed by atoms with Crippen molar-refractivity contribution in [3.05, 3.63) is 65.5 Å². The molecule has 0 aliphatic carbocycles. The maximum absolute atomic E-state index is 3.87. The number of aryl methyl sites for hydroxylation is 1. The van der Waals surface area contributed by atoms with Gasteiger partial charge in [0, 0.05) is 4.47 Å². The molecule has 0 heterocycles. The Balaban J connectivity index is 2.17. The minimum Gasteiger partial charge on any atom is -0.0605 e. The molecule has 0 aliphatic heterocycles. The lowest BCUT2D eigenvalue weighted by Crippen LogP contribution is -1.85. The zero-order valence-electron chi connectivity index (χ0n) is 9.83. The molecule has 0 spiro atoms. The maximum Gasteiger partial charge on any atom is 0.0181 e. The van der Waals surface area contributed by atoms with Crippen molar-refractivity contribution in [2.75, 3.05) is 0 Å². The molecule has 17 heavy (non-hydrogen) atoms. The molecule has 0 bridgehead atoms. The zero-order chi connectivity index (χ0) is 12.1. The highest BCUT2D eigenvalue weighted by Gasteiger charge is 1.98. The highest BCUT2D eigenvalue weighted by atomic mass is 79.9. The van der Waals surface area contributed by atoms with Crippen LogP contribution in [0.15, 0.2) is 53.0 Å². The summed E-state index contributed by atoms with van der Waals surface area (Å²) in [6, 6.07) is 17.2. The predicted octanol–water partition coefficient (Wildman–Crippen LogP) is 5.27. The fourth-order valence-corrected chi connectivity index (χ4v) is 2.26. The molecule has 1 radical (unpaired) electrons. The molecule has 0 unspecified atom stereocenters. The lowest BCUT2D eigenvalue weighted by atomic mass is 10.0. The van der Waals surface area contributed by atoms with Crippen LogP contribution in [-0.4, -0.2) is 0 Å². The van der Waals surface area contributed by atoms with Gasteiger partial charge in [0.05, 0.1) is 0 Å². The molecule has 0 atom stereocenters. The van der Waals surface area contributed by atoms with Crippen molar-refractivity contribution in [1.82, 2.24) is 0 Å². The monoisotopic (exact) mass is 287 g/mol. The highest BCUT2D eigenvalue weighted by Crippen LogP contribution is 2.23. The largest absolute Gasteiger partial charge is 0.0605 e. The minimum absolute atomic E-state index is 1.01. The first-order chi connectivity index (χ1) is 8.29.